The van der Waals surface area contributed by atoms with Gasteiger partial charge in [-0.2, -0.15) is 0 Å². The van der Waals surface area contributed by atoms with Gasteiger partial charge in [0.25, 0.3) is 0 Å². The molecular formula is C23H25NO6. The summed E-state index contributed by atoms with van der Waals surface area (Å²) in [4.78, 5) is 24.4. The highest BCUT2D eigenvalue weighted by Gasteiger charge is 2.55. The van der Waals surface area contributed by atoms with Gasteiger partial charge in [0.1, 0.15) is 6.04 Å². The average molecular weight is 411 g/mol. The number of nitrogens with zero attached hydrogens (tertiary/aromatic N) is 1. The first-order valence-electron chi connectivity index (χ1n) is 9.68. The average Bonchev–Trinajstić information content (AvgIpc) is 3.20. The second kappa shape index (κ2) is 8.79. The van der Waals surface area contributed by atoms with Crippen molar-refractivity contribution in [2.45, 2.75) is 24.5 Å². The van der Waals surface area contributed by atoms with Gasteiger partial charge in [0.2, 0.25) is 5.70 Å². The number of hydrogen-bond donors (Lipinski definition) is 1. The standard InChI is InChI=1S/C23H25NO6/c1-29-21(25)16-19(22(26)30-2)24(28)15-9-14-20(24)23(27,17-10-5-3-6-11-17)18-12-7-4-8-13-18/h3-8,10-13,16,20,27H,9,14-15H2,1-2H3/b19-16+/t20-,24+/m0/s1. The van der Waals surface area contributed by atoms with E-state index < -0.39 is 33.9 Å². The summed E-state index contributed by atoms with van der Waals surface area (Å²) in [6.07, 6.45) is 1.68. The smallest absolute Gasteiger partial charge is 0.393 e. The predicted octanol–water partition coefficient (Wildman–Crippen LogP) is 2.63. The van der Waals surface area contributed by atoms with Crippen LogP contribution in [0, 0.1) is 5.21 Å². The summed E-state index contributed by atoms with van der Waals surface area (Å²) >= 11 is 0. The number of carbonyl (C=O) groups excluding carboxylic acids is 2. The van der Waals surface area contributed by atoms with Crippen LogP contribution in [-0.4, -0.2) is 48.5 Å². The molecule has 1 aliphatic rings. The topological polar surface area (TPSA) is 95.9 Å². The number of quaternary nitrogens is 1. The van der Waals surface area contributed by atoms with E-state index >= 15 is 0 Å². The van der Waals surface area contributed by atoms with Gasteiger partial charge in [-0.25, -0.2) is 9.59 Å². The van der Waals surface area contributed by atoms with Gasteiger partial charge in [-0.05, 0) is 11.1 Å². The summed E-state index contributed by atoms with van der Waals surface area (Å²) in [5.41, 5.74) is -1.02. The van der Waals surface area contributed by atoms with Crippen LogP contribution in [0.4, 0.5) is 0 Å². The minimum atomic E-state index is -1.69. The minimum Gasteiger partial charge on any atom is -0.627 e. The molecule has 0 aliphatic carbocycles. The Morgan fingerprint density at radius 1 is 1.03 bits per heavy atom. The molecule has 0 saturated carbocycles. The summed E-state index contributed by atoms with van der Waals surface area (Å²) < 4.78 is 8.24. The molecule has 2 aromatic carbocycles. The summed E-state index contributed by atoms with van der Waals surface area (Å²) in [6.45, 7) is 0.0184. The second-order valence-electron chi connectivity index (χ2n) is 7.22. The summed E-state index contributed by atoms with van der Waals surface area (Å²) in [6, 6.07) is 16.8. The molecule has 7 nitrogen and oxygen atoms in total. The Hall–Kier alpha value is -3.00. The van der Waals surface area contributed by atoms with Gasteiger partial charge >= 0.3 is 11.9 Å². The van der Waals surface area contributed by atoms with Crippen molar-refractivity contribution in [3.63, 3.8) is 0 Å². The van der Waals surface area contributed by atoms with E-state index in [1.807, 2.05) is 12.1 Å². The predicted molar refractivity (Wildman–Crippen MR) is 110 cm³/mol. The molecule has 2 atom stereocenters. The van der Waals surface area contributed by atoms with Crippen molar-refractivity contribution in [2.24, 2.45) is 0 Å². The molecule has 0 bridgehead atoms. The molecule has 0 aromatic heterocycles. The van der Waals surface area contributed by atoms with Crippen LogP contribution in [0.15, 0.2) is 72.4 Å². The van der Waals surface area contributed by atoms with Crippen molar-refractivity contribution in [3.05, 3.63) is 88.8 Å². The summed E-state index contributed by atoms with van der Waals surface area (Å²) in [7, 11) is 2.31. The van der Waals surface area contributed by atoms with Crippen LogP contribution in [0.1, 0.15) is 24.0 Å². The highest BCUT2D eigenvalue weighted by molar-refractivity contribution is 5.94. The van der Waals surface area contributed by atoms with E-state index in [0.717, 1.165) is 20.3 Å². The molecule has 2 aromatic rings. The molecular weight excluding hydrogens is 386 g/mol. The van der Waals surface area contributed by atoms with Crippen molar-refractivity contribution in [2.75, 3.05) is 20.8 Å². The van der Waals surface area contributed by atoms with Crippen LogP contribution >= 0.6 is 0 Å². The molecule has 0 spiro atoms. The van der Waals surface area contributed by atoms with E-state index in [-0.39, 0.29) is 6.54 Å². The first kappa shape index (κ1) is 21.7. The van der Waals surface area contributed by atoms with Gasteiger partial charge in [-0.3, -0.25) is 0 Å². The van der Waals surface area contributed by atoms with E-state index in [4.69, 9.17) is 4.74 Å². The Morgan fingerprint density at radius 2 is 1.57 bits per heavy atom. The molecule has 1 saturated heterocycles. The lowest BCUT2D eigenvalue weighted by Crippen LogP contribution is -2.58. The van der Waals surface area contributed by atoms with Crippen LogP contribution in [-0.2, 0) is 24.7 Å². The van der Waals surface area contributed by atoms with E-state index in [0.29, 0.717) is 24.0 Å². The normalized spacial score (nSPS) is 21.9. The van der Waals surface area contributed by atoms with Crippen LogP contribution in [0.5, 0.6) is 0 Å². The van der Waals surface area contributed by atoms with Gasteiger partial charge in [-0.15, -0.1) is 0 Å². The van der Waals surface area contributed by atoms with Crippen molar-refractivity contribution < 1.29 is 28.8 Å². The highest BCUT2D eigenvalue weighted by atomic mass is 16.6. The Kier molecular flexibility index (Phi) is 6.36. The maximum absolute atomic E-state index is 14.2. The number of methoxy groups -OCH3 is 2. The minimum absolute atomic E-state index is 0.0184. The highest BCUT2D eigenvalue weighted by Crippen LogP contribution is 2.46. The Balaban J connectivity index is 2.22. The third-order valence-corrected chi connectivity index (χ3v) is 5.64. The van der Waals surface area contributed by atoms with Crippen molar-refractivity contribution in [1.29, 1.82) is 0 Å². The summed E-state index contributed by atoms with van der Waals surface area (Å²) in [5.74, 6) is -1.76. The SMILES string of the molecule is COC(=O)/C=C(\C(=O)OC)[N@+]1([O-])CCC[C@H]1C(O)(c1ccccc1)c1ccccc1. The molecule has 0 amide bonds. The lowest BCUT2D eigenvalue weighted by Gasteiger charge is -2.49. The first-order valence-corrected chi connectivity index (χ1v) is 9.68. The second-order valence-corrected chi connectivity index (χ2v) is 7.22. The quantitative estimate of drug-likeness (QED) is 0.340. The van der Waals surface area contributed by atoms with Gasteiger partial charge in [0.05, 0.1) is 26.8 Å². The zero-order valence-corrected chi connectivity index (χ0v) is 17.0. The Morgan fingerprint density at radius 3 is 2.03 bits per heavy atom. The van der Waals surface area contributed by atoms with Crippen molar-refractivity contribution >= 4 is 11.9 Å². The molecule has 3 rings (SSSR count). The number of hydrogen-bond acceptors (Lipinski definition) is 6. The van der Waals surface area contributed by atoms with Crippen LogP contribution in [0.2, 0.25) is 0 Å². The molecule has 158 valence electrons. The Bertz CT molecular complexity index is 888. The van der Waals surface area contributed by atoms with E-state index in [9.17, 15) is 19.9 Å². The number of ether oxygens (including phenoxy) is 2. The van der Waals surface area contributed by atoms with Crippen LogP contribution < -0.4 is 0 Å². The number of hydroxylamine groups is 3. The van der Waals surface area contributed by atoms with Crippen molar-refractivity contribution in [3.8, 4) is 0 Å². The Labute approximate surface area is 175 Å². The zero-order valence-electron chi connectivity index (χ0n) is 17.0. The number of esters is 2. The fourth-order valence-electron chi connectivity index (χ4n) is 4.22. The first-order chi connectivity index (χ1) is 14.4. The zero-order chi connectivity index (χ0) is 21.8. The summed E-state index contributed by atoms with van der Waals surface area (Å²) in [5, 5.41) is 26.3. The maximum atomic E-state index is 14.2. The van der Waals surface area contributed by atoms with E-state index in [1.165, 1.54) is 0 Å². The van der Waals surface area contributed by atoms with Gasteiger partial charge < -0.3 is 24.4 Å². The molecule has 1 fully saturated rings. The van der Waals surface area contributed by atoms with E-state index in [1.54, 1.807) is 48.5 Å². The maximum Gasteiger partial charge on any atom is 0.393 e. The lowest BCUT2D eigenvalue weighted by molar-refractivity contribution is -0.859. The molecule has 0 radical (unpaired) electrons. The largest absolute Gasteiger partial charge is 0.627 e. The molecule has 7 heteroatoms. The molecule has 30 heavy (non-hydrogen) atoms. The van der Waals surface area contributed by atoms with Gasteiger partial charge in [0, 0.05) is 12.8 Å². The molecule has 0 unspecified atom stereocenters. The molecule has 1 heterocycles. The fourth-order valence-corrected chi connectivity index (χ4v) is 4.22. The van der Waals surface area contributed by atoms with E-state index in [2.05, 4.69) is 4.74 Å². The van der Waals surface area contributed by atoms with Crippen LogP contribution in [0.3, 0.4) is 0 Å². The monoisotopic (exact) mass is 411 g/mol. The molecule has 1 N–H and O–H groups in total. The third-order valence-electron chi connectivity index (χ3n) is 5.64. The number of rotatable bonds is 6. The third kappa shape index (κ3) is 3.75. The van der Waals surface area contributed by atoms with Crippen molar-refractivity contribution in [1.82, 2.24) is 0 Å². The lowest BCUT2D eigenvalue weighted by atomic mass is 9.78. The van der Waals surface area contributed by atoms with Gasteiger partial charge in [-0.1, -0.05) is 60.7 Å². The number of likely N-dealkylation sites (tertiary alicyclic amines) is 1. The number of aliphatic hydroxyl groups is 1. The number of benzene rings is 2. The fraction of sp³-hybridized carbons (Fsp3) is 0.304. The number of carbonyl (C=O) groups is 2. The molecule has 1 aliphatic heterocycles. The van der Waals surface area contributed by atoms with Gasteiger partial charge in [0.15, 0.2) is 5.60 Å². The van der Waals surface area contributed by atoms with Crippen LogP contribution in [0.25, 0.3) is 0 Å².